The standard InChI is InChI=1S/C21H22ClN5O2S/c1-13-6-8-27(30(28,29)19-4-3-15(10-23)9-17(19)22)12-18(13)26-20-14(2)11-25-21-16(20)5-7-24-21/h3-5,7,9,11,13,18H,6,8,12H2,1-2H3,(H2,24,25,26)/t13-,18+/m1/s1. The van der Waals surface area contributed by atoms with Gasteiger partial charge in [0.05, 0.1) is 16.7 Å². The second-order valence-electron chi connectivity index (χ2n) is 7.69. The van der Waals surface area contributed by atoms with E-state index in [1.165, 1.54) is 22.5 Å². The topological polar surface area (TPSA) is 102 Å². The van der Waals surface area contributed by atoms with Crippen molar-refractivity contribution in [1.29, 1.82) is 5.26 Å². The Labute approximate surface area is 180 Å². The largest absolute Gasteiger partial charge is 0.380 e. The minimum Gasteiger partial charge on any atom is -0.380 e. The number of aromatic amines is 1. The summed E-state index contributed by atoms with van der Waals surface area (Å²) in [6.07, 6.45) is 4.38. The Hall–Kier alpha value is -2.60. The number of H-pyrrole nitrogens is 1. The van der Waals surface area contributed by atoms with E-state index in [1.807, 2.05) is 25.3 Å². The first-order valence-corrected chi connectivity index (χ1v) is 11.5. The van der Waals surface area contributed by atoms with Crippen molar-refractivity contribution in [2.75, 3.05) is 18.4 Å². The molecule has 0 spiro atoms. The summed E-state index contributed by atoms with van der Waals surface area (Å²) in [4.78, 5) is 7.53. The highest BCUT2D eigenvalue weighted by Gasteiger charge is 2.35. The highest BCUT2D eigenvalue weighted by Crippen LogP contribution is 2.32. The number of nitrogens with one attached hydrogen (secondary N) is 2. The van der Waals surface area contributed by atoms with Gasteiger partial charge in [0.1, 0.15) is 10.5 Å². The molecule has 3 heterocycles. The molecule has 2 N–H and O–H groups in total. The van der Waals surface area contributed by atoms with Gasteiger partial charge in [0.2, 0.25) is 10.0 Å². The minimum absolute atomic E-state index is 0.0320. The zero-order valence-electron chi connectivity index (χ0n) is 16.7. The second kappa shape index (κ2) is 7.91. The van der Waals surface area contributed by atoms with Crippen LogP contribution in [-0.4, -0.2) is 41.8 Å². The van der Waals surface area contributed by atoms with Crippen LogP contribution in [0.4, 0.5) is 5.69 Å². The molecule has 7 nitrogen and oxygen atoms in total. The molecular weight excluding hydrogens is 422 g/mol. The lowest BCUT2D eigenvalue weighted by atomic mass is 9.94. The van der Waals surface area contributed by atoms with E-state index in [1.54, 1.807) is 6.20 Å². The summed E-state index contributed by atoms with van der Waals surface area (Å²) in [7, 11) is -3.77. The van der Waals surface area contributed by atoms with Gasteiger partial charge in [-0.25, -0.2) is 13.4 Å². The molecule has 0 aliphatic carbocycles. The molecule has 2 atom stereocenters. The molecular formula is C21H22ClN5O2S. The zero-order valence-corrected chi connectivity index (χ0v) is 18.3. The van der Waals surface area contributed by atoms with Crippen molar-refractivity contribution >= 4 is 38.3 Å². The van der Waals surface area contributed by atoms with Gasteiger partial charge in [-0.3, -0.25) is 0 Å². The highest BCUT2D eigenvalue weighted by molar-refractivity contribution is 7.89. The predicted molar refractivity (Wildman–Crippen MR) is 117 cm³/mol. The number of sulfonamides is 1. The van der Waals surface area contributed by atoms with E-state index in [4.69, 9.17) is 16.9 Å². The summed E-state index contributed by atoms with van der Waals surface area (Å²) < 4.78 is 28.0. The number of aryl methyl sites for hydroxylation is 1. The van der Waals surface area contributed by atoms with E-state index < -0.39 is 10.0 Å². The molecule has 9 heteroatoms. The van der Waals surface area contributed by atoms with E-state index in [0.717, 1.165) is 28.7 Å². The Morgan fingerprint density at radius 1 is 1.37 bits per heavy atom. The van der Waals surface area contributed by atoms with Gasteiger partial charge in [0.25, 0.3) is 0 Å². The molecule has 1 fully saturated rings. The molecule has 4 rings (SSSR count). The summed E-state index contributed by atoms with van der Waals surface area (Å²) >= 11 is 6.20. The summed E-state index contributed by atoms with van der Waals surface area (Å²) in [5, 5.41) is 13.6. The summed E-state index contributed by atoms with van der Waals surface area (Å²) in [6, 6.07) is 8.15. The Morgan fingerprint density at radius 3 is 2.90 bits per heavy atom. The number of piperidine rings is 1. The summed E-state index contributed by atoms with van der Waals surface area (Å²) in [5.74, 6) is 0.287. The first-order chi connectivity index (χ1) is 14.3. The van der Waals surface area contributed by atoms with Crippen LogP contribution in [0.2, 0.25) is 5.02 Å². The van der Waals surface area contributed by atoms with Crippen molar-refractivity contribution < 1.29 is 8.42 Å². The maximum Gasteiger partial charge on any atom is 0.244 e. The number of aromatic nitrogens is 2. The molecule has 30 heavy (non-hydrogen) atoms. The molecule has 1 aromatic carbocycles. The number of rotatable bonds is 4. The van der Waals surface area contributed by atoms with Crippen LogP contribution < -0.4 is 5.32 Å². The van der Waals surface area contributed by atoms with Crippen LogP contribution in [0, 0.1) is 24.2 Å². The van der Waals surface area contributed by atoms with Gasteiger partial charge >= 0.3 is 0 Å². The van der Waals surface area contributed by atoms with Gasteiger partial charge in [-0.15, -0.1) is 0 Å². The third-order valence-electron chi connectivity index (χ3n) is 5.71. The molecule has 2 aromatic heterocycles. The Morgan fingerprint density at radius 2 is 2.17 bits per heavy atom. The Bertz CT molecular complexity index is 1250. The van der Waals surface area contributed by atoms with Crippen LogP contribution in [0.25, 0.3) is 11.0 Å². The fourth-order valence-electron chi connectivity index (χ4n) is 3.85. The summed E-state index contributed by atoms with van der Waals surface area (Å²) in [6.45, 7) is 4.86. The Kier molecular flexibility index (Phi) is 5.45. The number of fused-ring (bicyclic) bond motifs is 1. The maximum atomic E-state index is 13.3. The molecule has 0 amide bonds. The number of benzene rings is 1. The van der Waals surface area contributed by atoms with Crippen molar-refractivity contribution in [2.45, 2.75) is 31.2 Å². The third kappa shape index (κ3) is 3.65. The molecule has 0 unspecified atom stereocenters. The molecule has 0 radical (unpaired) electrons. The van der Waals surface area contributed by atoms with Gasteiger partial charge in [0, 0.05) is 42.6 Å². The van der Waals surface area contributed by atoms with Crippen LogP contribution in [-0.2, 0) is 10.0 Å². The number of nitriles is 1. The molecule has 1 aliphatic rings. The van der Waals surface area contributed by atoms with Crippen molar-refractivity contribution in [2.24, 2.45) is 5.92 Å². The van der Waals surface area contributed by atoms with Crippen molar-refractivity contribution in [3.05, 3.63) is 52.8 Å². The lowest BCUT2D eigenvalue weighted by molar-refractivity contribution is 0.265. The average molecular weight is 444 g/mol. The van der Waals surface area contributed by atoms with Crippen molar-refractivity contribution in [3.63, 3.8) is 0 Å². The van der Waals surface area contributed by atoms with Gasteiger partial charge in [0.15, 0.2) is 0 Å². The SMILES string of the molecule is Cc1cnc2[nH]ccc2c1N[C@H]1CN(S(=O)(=O)c2ccc(C#N)cc2Cl)CC[C@H]1C. The van der Waals surface area contributed by atoms with Crippen LogP contribution in [0.1, 0.15) is 24.5 Å². The van der Waals surface area contributed by atoms with E-state index >= 15 is 0 Å². The first kappa shape index (κ1) is 20.7. The molecule has 156 valence electrons. The minimum atomic E-state index is -3.77. The third-order valence-corrected chi connectivity index (χ3v) is 8.05. The fraction of sp³-hybridized carbons (Fsp3) is 0.333. The quantitative estimate of drug-likeness (QED) is 0.636. The van der Waals surface area contributed by atoms with E-state index in [2.05, 4.69) is 22.2 Å². The number of hydrogen-bond acceptors (Lipinski definition) is 5. The van der Waals surface area contributed by atoms with Gasteiger partial charge < -0.3 is 10.3 Å². The number of nitrogens with zero attached hydrogens (tertiary/aromatic N) is 3. The zero-order chi connectivity index (χ0) is 21.5. The van der Waals surface area contributed by atoms with E-state index in [0.29, 0.717) is 18.7 Å². The van der Waals surface area contributed by atoms with Gasteiger partial charge in [-0.2, -0.15) is 9.57 Å². The Balaban J connectivity index is 1.63. The van der Waals surface area contributed by atoms with Gasteiger partial charge in [-0.05, 0) is 49.1 Å². The number of anilines is 1. The fourth-order valence-corrected chi connectivity index (χ4v) is 5.85. The molecule has 0 bridgehead atoms. The van der Waals surface area contributed by atoms with E-state index in [9.17, 15) is 8.42 Å². The number of pyridine rings is 1. The normalized spacial score (nSPS) is 20.2. The van der Waals surface area contributed by atoms with Gasteiger partial charge in [-0.1, -0.05) is 18.5 Å². The molecule has 3 aromatic rings. The monoisotopic (exact) mass is 443 g/mol. The maximum absolute atomic E-state index is 13.3. The summed E-state index contributed by atoms with van der Waals surface area (Å²) in [5.41, 5.74) is 3.09. The lowest BCUT2D eigenvalue weighted by Crippen LogP contribution is -2.49. The molecule has 0 saturated carbocycles. The van der Waals surface area contributed by atoms with Crippen LogP contribution in [0.5, 0.6) is 0 Å². The number of hydrogen-bond donors (Lipinski definition) is 2. The van der Waals surface area contributed by atoms with E-state index in [-0.39, 0.29) is 21.9 Å². The first-order valence-electron chi connectivity index (χ1n) is 9.70. The van der Waals surface area contributed by atoms with Crippen molar-refractivity contribution in [3.8, 4) is 6.07 Å². The lowest BCUT2D eigenvalue weighted by Gasteiger charge is -2.37. The van der Waals surface area contributed by atoms with Crippen LogP contribution in [0.15, 0.2) is 41.6 Å². The predicted octanol–water partition coefficient (Wildman–Crippen LogP) is 3.91. The van der Waals surface area contributed by atoms with Crippen LogP contribution in [0.3, 0.4) is 0 Å². The molecule has 1 saturated heterocycles. The number of halogens is 1. The molecule has 1 aliphatic heterocycles. The average Bonchev–Trinajstić information content (AvgIpc) is 3.20. The highest BCUT2D eigenvalue weighted by atomic mass is 35.5. The van der Waals surface area contributed by atoms with Crippen molar-refractivity contribution in [1.82, 2.24) is 14.3 Å². The second-order valence-corrected chi connectivity index (χ2v) is 10.0. The smallest absolute Gasteiger partial charge is 0.244 e. The van der Waals surface area contributed by atoms with Crippen LogP contribution >= 0.6 is 11.6 Å².